The van der Waals surface area contributed by atoms with Gasteiger partial charge in [-0.3, -0.25) is 9.13 Å². The Kier molecular flexibility index (Phi) is 4.21. The molecule has 0 aliphatic heterocycles. The molecule has 4 aromatic heterocycles. The highest BCUT2D eigenvalue weighted by Gasteiger charge is 2.22. The van der Waals surface area contributed by atoms with E-state index >= 15 is 0 Å². The van der Waals surface area contributed by atoms with Crippen molar-refractivity contribution in [2.24, 2.45) is 0 Å². The minimum absolute atomic E-state index is 0.136. The third kappa shape index (κ3) is 5.62. The highest BCUT2D eigenvalue weighted by molar-refractivity contribution is 6.12. The third-order valence-corrected chi connectivity index (χ3v) is 10.7. The van der Waals surface area contributed by atoms with Crippen molar-refractivity contribution in [2.75, 3.05) is 0 Å². The Morgan fingerprint density at radius 2 is 0.905 bits per heavy atom. The van der Waals surface area contributed by atoms with E-state index in [9.17, 15) is 13.7 Å². The summed E-state index contributed by atoms with van der Waals surface area (Å²) in [4.78, 5) is 14.7. The quantitative estimate of drug-likeness (QED) is 0.167. The molecule has 6 heteroatoms. The van der Waals surface area contributed by atoms with Gasteiger partial charge in [0, 0.05) is 43.4 Å². The smallest absolute Gasteiger partial charge is 0.240 e. The average Bonchev–Trinajstić information content (AvgIpc) is 1.59. The maximum absolute atomic E-state index is 10.0. The molecule has 13 rings (SSSR count). The normalized spacial score (nSPS) is 17.1. The van der Waals surface area contributed by atoms with Gasteiger partial charge in [0.25, 0.3) is 0 Å². The molecule has 0 radical (unpaired) electrons. The van der Waals surface area contributed by atoms with E-state index in [0.29, 0.717) is 22.3 Å². The highest BCUT2D eigenvalue weighted by Crippen LogP contribution is 2.39. The van der Waals surface area contributed by atoms with Crippen LogP contribution in [0.5, 0.6) is 0 Å². The monoisotopic (exact) mass is 829 g/mol. The molecule has 0 fully saturated rings. The van der Waals surface area contributed by atoms with Crippen molar-refractivity contribution in [1.82, 2.24) is 24.1 Å². The predicted molar refractivity (Wildman–Crippen MR) is 258 cm³/mol. The predicted octanol–water partition coefficient (Wildman–Crippen LogP) is 14.6. The van der Waals surface area contributed by atoms with Gasteiger partial charge in [0.1, 0.15) is 11.2 Å². The maximum atomic E-state index is 10.0. The van der Waals surface area contributed by atoms with Gasteiger partial charge in [-0.1, -0.05) is 175 Å². The van der Waals surface area contributed by atoms with E-state index in [-0.39, 0.29) is 11.4 Å². The van der Waals surface area contributed by atoms with Crippen LogP contribution in [0.2, 0.25) is 0 Å². The van der Waals surface area contributed by atoms with Crippen molar-refractivity contribution in [3.05, 3.63) is 212 Å². The summed E-state index contributed by atoms with van der Waals surface area (Å²) in [6.07, 6.45) is 0. The van der Waals surface area contributed by atoms with Gasteiger partial charge in [-0.25, -0.2) is 0 Å². The fourth-order valence-electron chi connectivity index (χ4n) is 7.91. The summed E-state index contributed by atoms with van der Waals surface area (Å²) in [7, 11) is 0. The van der Waals surface area contributed by atoms with Crippen LogP contribution in [0.15, 0.2) is 216 Å². The lowest BCUT2D eigenvalue weighted by atomic mass is 10.0. The van der Waals surface area contributed by atoms with Gasteiger partial charge in [0.05, 0.1) is 55.0 Å². The van der Waals surface area contributed by atoms with Crippen molar-refractivity contribution in [2.45, 2.75) is 0 Å². The molecule has 0 unspecified atom stereocenters. The van der Waals surface area contributed by atoms with Crippen LogP contribution < -0.4 is 0 Å². The van der Waals surface area contributed by atoms with E-state index in [1.54, 1.807) is 30.3 Å². The zero-order chi connectivity index (χ0) is 62.3. The van der Waals surface area contributed by atoms with Crippen molar-refractivity contribution in [1.29, 1.82) is 0 Å². The molecule has 0 spiro atoms. The molecule has 4 heterocycles. The number of hydrogen-bond donors (Lipinski definition) is 0. The topological polar surface area (TPSA) is 61.7 Å². The van der Waals surface area contributed by atoms with Crippen LogP contribution >= 0.6 is 0 Å². The lowest BCUT2D eigenvalue weighted by Crippen LogP contribution is -2.10. The van der Waals surface area contributed by atoms with E-state index in [1.165, 1.54) is 0 Å². The molecular formula is C57H35N5O. The van der Waals surface area contributed by atoms with Gasteiger partial charge in [-0.15, -0.1) is 0 Å². The van der Waals surface area contributed by atoms with E-state index in [1.807, 2.05) is 36.4 Å². The second kappa shape index (κ2) is 14.0. The summed E-state index contributed by atoms with van der Waals surface area (Å²) in [6, 6.07) is -0.683. The van der Waals surface area contributed by atoms with E-state index in [4.69, 9.17) is 38.6 Å². The van der Waals surface area contributed by atoms with Gasteiger partial charge < -0.3 is 4.42 Å². The maximum Gasteiger partial charge on any atom is 0.240 e. The lowest BCUT2D eigenvalue weighted by Gasteiger charge is -2.14. The number of benzene rings is 9. The molecule has 0 aliphatic carbocycles. The second-order valence-electron chi connectivity index (χ2n) is 14.2. The van der Waals surface area contributed by atoms with Gasteiger partial charge in [0.15, 0.2) is 5.82 Å². The Morgan fingerprint density at radius 3 is 1.54 bits per heavy atom. The van der Waals surface area contributed by atoms with Crippen molar-refractivity contribution in [3.8, 4) is 56.7 Å². The summed E-state index contributed by atoms with van der Waals surface area (Å²) in [5.41, 5.74) is -2.63. The average molecular weight is 830 g/mol. The molecule has 9 aromatic carbocycles. The summed E-state index contributed by atoms with van der Waals surface area (Å²) in [6.45, 7) is 0. The molecule has 0 saturated heterocycles. The Bertz CT molecular complexity index is 5060. The van der Waals surface area contributed by atoms with Crippen LogP contribution in [-0.2, 0) is 0 Å². The Hall–Kier alpha value is -8.61. The van der Waals surface area contributed by atoms with Crippen molar-refractivity contribution < 1.29 is 37.3 Å². The molecule has 0 bridgehead atoms. The van der Waals surface area contributed by atoms with Gasteiger partial charge >= 0.3 is 0 Å². The van der Waals surface area contributed by atoms with E-state index < -0.39 is 223 Å². The minimum atomic E-state index is -0.872. The molecule has 0 aliphatic rings. The number of fused-ring (bicyclic) bond motifs is 9. The summed E-state index contributed by atoms with van der Waals surface area (Å²) < 4.78 is 226. The minimum Gasteiger partial charge on any atom is -0.455 e. The molecule has 0 atom stereocenters. The highest BCUT2D eigenvalue weighted by atomic mass is 16.3. The van der Waals surface area contributed by atoms with Crippen LogP contribution in [0.25, 0.3) is 122 Å². The van der Waals surface area contributed by atoms with Crippen LogP contribution in [-0.4, -0.2) is 24.1 Å². The first-order valence-corrected chi connectivity index (χ1v) is 19.2. The molecule has 294 valence electrons. The number of furan rings is 1. The molecule has 13 aromatic rings. The number of hydrogen-bond acceptors (Lipinski definition) is 4. The molecule has 0 N–H and O–H groups in total. The third-order valence-electron chi connectivity index (χ3n) is 10.7. The van der Waals surface area contributed by atoms with Gasteiger partial charge in [-0.2, -0.15) is 15.0 Å². The number of nitrogens with zero attached hydrogens (tertiary/aromatic N) is 5. The zero-order valence-electron chi connectivity index (χ0n) is 56.0. The van der Waals surface area contributed by atoms with E-state index in [2.05, 4.69) is 0 Å². The molecule has 0 amide bonds. The zero-order valence-corrected chi connectivity index (χ0v) is 32.0. The number of aromatic nitrogens is 5. The fourth-order valence-corrected chi connectivity index (χ4v) is 7.91. The van der Waals surface area contributed by atoms with Gasteiger partial charge in [0.2, 0.25) is 11.9 Å². The molecule has 6 nitrogen and oxygen atoms in total. The first-order valence-electron chi connectivity index (χ1n) is 31.2. The van der Waals surface area contributed by atoms with Crippen molar-refractivity contribution >= 4 is 65.6 Å². The standard InChI is InChI=1S/C57H35N5O/c1-3-15-36(16-4-1)38-29-31-45-43-21-7-10-26-49(43)61(51(45)34-38)56-58-55(41-20-13-19-40(33-41)42-24-14-25-48-47-23-9-12-28-53(47)63-54(42)48)59-57(60-56)62-50-27-11-8-22-44(50)46-32-30-39(35-52(46)62)37-17-5-2-6-18-37/h1-35H/i1D,2D,3D,4D,5D,6D,7D,8D,10D,11D,15D,16D,17D,18D,21D,22D,26D,27D,29D,30D,31D,32D,34D,35D. The van der Waals surface area contributed by atoms with Crippen LogP contribution in [0.4, 0.5) is 0 Å². The Morgan fingerprint density at radius 1 is 0.381 bits per heavy atom. The number of para-hydroxylation sites is 4. The lowest BCUT2D eigenvalue weighted by molar-refractivity contribution is 0.670. The summed E-state index contributed by atoms with van der Waals surface area (Å²) in [5, 5.41) is -0.273. The van der Waals surface area contributed by atoms with Crippen LogP contribution in [0.1, 0.15) is 32.9 Å². The Balaban J connectivity index is 1.24. The summed E-state index contributed by atoms with van der Waals surface area (Å²) >= 11 is 0. The fraction of sp³-hybridized carbons (Fsp3) is 0. The first kappa shape index (κ1) is 19.0. The first-order chi connectivity index (χ1) is 41.2. The van der Waals surface area contributed by atoms with Gasteiger partial charge in [-0.05, 0) is 64.1 Å². The Labute approximate surface area is 395 Å². The van der Waals surface area contributed by atoms with Crippen LogP contribution in [0.3, 0.4) is 0 Å². The molecule has 63 heavy (non-hydrogen) atoms. The molecule has 0 saturated carbocycles. The summed E-state index contributed by atoms with van der Waals surface area (Å²) in [5.74, 6) is -1.74. The molecular weight excluding hydrogens is 771 g/mol. The second-order valence-corrected chi connectivity index (χ2v) is 14.2. The SMILES string of the molecule is [2H]c1c([2H])c([2H])c(-c2c([2H])c([2H])c3c4c([2H])c([2H])c([2H])c([2H])c4n(-c4nc(-c5cccc(-c6cccc7c6oc6ccccc67)c5)nc(-n5c6c([2H])c([2H])c([2H])c([2H])c6c6c([2H])c([2H])c(-c7c([2H])c([2H])c([2H])c([2H])c7[2H])c([2H])c65)n4)c3c2[2H])c([2H])c1[2H]. The number of rotatable bonds is 6. The van der Waals surface area contributed by atoms with Crippen LogP contribution in [0, 0.1) is 0 Å². The van der Waals surface area contributed by atoms with Crippen molar-refractivity contribution in [3.63, 3.8) is 0 Å². The largest absolute Gasteiger partial charge is 0.455 e. The van der Waals surface area contributed by atoms with E-state index in [0.717, 1.165) is 19.9 Å².